The van der Waals surface area contributed by atoms with Gasteiger partial charge in [0.1, 0.15) is 0 Å². The van der Waals surface area contributed by atoms with E-state index in [-0.39, 0.29) is 0 Å². The van der Waals surface area contributed by atoms with Gasteiger partial charge in [-0.15, -0.1) is 0 Å². The molecule has 0 aromatic carbocycles. The molecule has 2 fully saturated rings. The number of nitrogens with zero attached hydrogens (tertiary/aromatic N) is 1. The third kappa shape index (κ3) is 3.21. The first-order valence-electron chi connectivity index (χ1n) is 7.05. The Morgan fingerprint density at radius 2 is 1.94 bits per heavy atom. The molecule has 1 heterocycles. The minimum absolute atomic E-state index is 0.427. The molecule has 2 heteroatoms. The standard InChI is InChI=1S/C14H28N2/c1-14(2)8-5-9-16(11-14)10-13(15)12-6-3-4-7-12/h12-13H,3-11,15H2,1-2H3. The fourth-order valence-electron chi connectivity index (χ4n) is 3.53. The molecule has 0 radical (unpaired) electrons. The van der Waals surface area contributed by atoms with E-state index in [1.807, 2.05) is 0 Å². The Morgan fingerprint density at radius 3 is 2.56 bits per heavy atom. The Labute approximate surface area is 101 Å². The predicted molar refractivity (Wildman–Crippen MR) is 69.4 cm³/mol. The van der Waals surface area contributed by atoms with Crippen molar-refractivity contribution in [3.8, 4) is 0 Å². The quantitative estimate of drug-likeness (QED) is 0.798. The second-order valence-corrected chi connectivity index (χ2v) is 6.71. The van der Waals surface area contributed by atoms with Crippen LogP contribution in [-0.2, 0) is 0 Å². The monoisotopic (exact) mass is 224 g/mol. The lowest BCUT2D eigenvalue weighted by atomic mass is 9.83. The van der Waals surface area contributed by atoms with Gasteiger partial charge in [0.25, 0.3) is 0 Å². The summed E-state index contributed by atoms with van der Waals surface area (Å²) < 4.78 is 0. The average molecular weight is 224 g/mol. The van der Waals surface area contributed by atoms with Crippen LogP contribution in [0.2, 0.25) is 0 Å². The average Bonchev–Trinajstić information content (AvgIpc) is 2.68. The topological polar surface area (TPSA) is 29.3 Å². The van der Waals surface area contributed by atoms with Gasteiger partial charge in [0, 0.05) is 19.1 Å². The van der Waals surface area contributed by atoms with Crippen LogP contribution < -0.4 is 5.73 Å². The zero-order valence-corrected chi connectivity index (χ0v) is 11.0. The van der Waals surface area contributed by atoms with Crippen molar-refractivity contribution in [2.45, 2.75) is 58.4 Å². The molecule has 1 atom stereocenters. The highest BCUT2D eigenvalue weighted by atomic mass is 15.1. The van der Waals surface area contributed by atoms with Gasteiger partial charge in [-0.25, -0.2) is 0 Å². The number of rotatable bonds is 3. The van der Waals surface area contributed by atoms with Gasteiger partial charge < -0.3 is 10.6 Å². The lowest BCUT2D eigenvalue weighted by molar-refractivity contribution is 0.105. The molecule has 1 aliphatic heterocycles. The van der Waals surface area contributed by atoms with E-state index in [9.17, 15) is 0 Å². The van der Waals surface area contributed by atoms with Crippen molar-refractivity contribution in [2.75, 3.05) is 19.6 Å². The zero-order valence-electron chi connectivity index (χ0n) is 11.0. The summed E-state index contributed by atoms with van der Waals surface area (Å²) in [6.07, 6.45) is 8.29. The lowest BCUT2D eigenvalue weighted by Crippen LogP contribution is -2.47. The fourth-order valence-corrected chi connectivity index (χ4v) is 3.53. The second kappa shape index (κ2) is 5.05. The number of nitrogens with two attached hydrogens (primary N) is 1. The van der Waals surface area contributed by atoms with Crippen molar-refractivity contribution in [2.24, 2.45) is 17.1 Å². The Kier molecular flexibility index (Phi) is 3.91. The smallest absolute Gasteiger partial charge is 0.0196 e. The SMILES string of the molecule is CC1(C)CCCN(CC(N)C2CCCC2)C1. The molecule has 1 unspecified atom stereocenters. The number of likely N-dealkylation sites (tertiary alicyclic amines) is 1. The van der Waals surface area contributed by atoms with Crippen LogP contribution in [0.5, 0.6) is 0 Å². The van der Waals surface area contributed by atoms with Gasteiger partial charge in [0.2, 0.25) is 0 Å². The molecule has 2 rings (SSSR count). The summed E-state index contributed by atoms with van der Waals surface area (Å²) in [6.45, 7) is 8.42. The molecule has 2 N–H and O–H groups in total. The first-order chi connectivity index (χ1) is 7.57. The van der Waals surface area contributed by atoms with Crippen LogP contribution in [0.3, 0.4) is 0 Å². The van der Waals surface area contributed by atoms with Crippen molar-refractivity contribution in [1.82, 2.24) is 4.90 Å². The minimum atomic E-state index is 0.427. The summed E-state index contributed by atoms with van der Waals surface area (Å²) in [5, 5.41) is 0. The normalized spacial score (nSPS) is 29.4. The number of hydrogen-bond donors (Lipinski definition) is 1. The Morgan fingerprint density at radius 1 is 1.25 bits per heavy atom. The fraction of sp³-hybridized carbons (Fsp3) is 1.00. The molecular weight excluding hydrogens is 196 g/mol. The van der Waals surface area contributed by atoms with Crippen LogP contribution >= 0.6 is 0 Å². The highest BCUT2D eigenvalue weighted by molar-refractivity contribution is 4.85. The van der Waals surface area contributed by atoms with E-state index >= 15 is 0 Å². The Balaban J connectivity index is 1.79. The van der Waals surface area contributed by atoms with Crippen LogP contribution in [-0.4, -0.2) is 30.6 Å². The van der Waals surface area contributed by atoms with Crippen molar-refractivity contribution in [3.05, 3.63) is 0 Å². The molecule has 0 amide bonds. The summed E-state index contributed by atoms with van der Waals surface area (Å²) in [4.78, 5) is 2.60. The number of hydrogen-bond acceptors (Lipinski definition) is 2. The maximum absolute atomic E-state index is 6.36. The van der Waals surface area contributed by atoms with E-state index in [1.54, 1.807) is 0 Å². The highest BCUT2D eigenvalue weighted by Gasteiger charge is 2.29. The van der Waals surface area contributed by atoms with Crippen LogP contribution in [0, 0.1) is 11.3 Å². The maximum atomic E-state index is 6.36. The Hall–Kier alpha value is -0.0800. The lowest BCUT2D eigenvalue weighted by Gasteiger charge is -2.39. The van der Waals surface area contributed by atoms with Crippen molar-refractivity contribution >= 4 is 0 Å². The molecule has 1 saturated carbocycles. The maximum Gasteiger partial charge on any atom is 0.0196 e. The van der Waals surface area contributed by atoms with E-state index in [1.165, 1.54) is 51.6 Å². The van der Waals surface area contributed by atoms with Gasteiger partial charge in [-0.05, 0) is 43.6 Å². The molecule has 16 heavy (non-hydrogen) atoms. The molecule has 0 bridgehead atoms. The first kappa shape index (κ1) is 12.4. The van der Waals surface area contributed by atoms with Crippen molar-refractivity contribution < 1.29 is 0 Å². The van der Waals surface area contributed by atoms with Crippen LogP contribution in [0.4, 0.5) is 0 Å². The highest BCUT2D eigenvalue weighted by Crippen LogP contribution is 2.30. The van der Waals surface area contributed by atoms with E-state index in [2.05, 4.69) is 18.7 Å². The molecular formula is C14H28N2. The van der Waals surface area contributed by atoms with Gasteiger partial charge in [0.15, 0.2) is 0 Å². The molecule has 2 nitrogen and oxygen atoms in total. The van der Waals surface area contributed by atoms with Crippen molar-refractivity contribution in [1.29, 1.82) is 0 Å². The van der Waals surface area contributed by atoms with Gasteiger partial charge in [-0.1, -0.05) is 26.7 Å². The summed E-state index contributed by atoms with van der Waals surface area (Å²) in [5.74, 6) is 0.810. The first-order valence-corrected chi connectivity index (χ1v) is 7.05. The minimum Gasteiger partial charge on any atom is -0.326 e. The molecule has 0 aromatic heterocycles. The summed E-state index contributed by atoms with van der Waals surface area (Å²) in [6, 6.07) is 0.427. The molecule has 0 aromatic rings. The molecule has 2 aliphatic rings. The van der Waals surface area contributed by atoms with Gasteiger partial charge in [0.05, 0.1) is 0 Å². The van der Waals surface area contributed by atoms with Crippen LogP contribution in [0.15, 0.2) is 0 Å². The summed E-state index contributed by atoms with van der Waals surface area (Å²) >= 11 is 0. The number of piperidine rings is 1. The zero-order chi connectivity index (χ0) is 11.6. The third-order valence-corrected chi connectivity index (χ3v) is 4.45. The molecule has 0 spiro atoms. The predicted octanol–water partition coefficient (Wildman–Crippen LogP) is 2.63. The Bertz CT molecular complexity index is 219. The largest absolute Gasteiger partial charge is 0.326 e. The molecule has 1 aliphatic carbocycles. The van der Waals surface area contributed by atoms with Crippen LogP contribution in [0.25, 0.3) is 0 Å². The van der Waals surface area contributed by atoms with E-state index in [4.69, 9.17) is 5.73 Å². The summed E-state index contributed by atoms with van der Waals surface area (Å²) in [7, 11) is 0. The van der Waals surface area contributed by atoms with Crippen LogP contribution in [0.1, 0.15) is 52.4 Å². The molecule has 94 valence electrons. The van der Waals surface area contributed by atoms with Gasteiger partial charge in [-0.3, -0.25) is 0 Å². The second-order valence-electron chi connectivity index (χ2n) is 6.71. The van der Waals surface area contributed by atoms with Gasteiger partial charge in [-0.2, -0.15) is 0 Å². The third-order valence-electron chi connectivity index (χ3n) is 4.45. The van der Waals surface area contributed by atoms with E-state index in [0.717, 1.165) is 12.5 Å². The van der Waals surface area contributed by atoms with Gasteiger partial charge >= 0.3 is 0 Å². The van der Waals surface area contributed by atoms with E-state index in [0.29, 0.717) is 11.5 Å². The molecule has 1 saturated heterocycles. The summed E-state index contributed by atoms with van der Waals surface area (Å²) in [5.41, 5.74) is 6.86. The van der Waals surface area contributed by atoms with Crippen molar-refractivity contribution in [3.63, 3.8) is 0 Å². The van der Waals surface area contributed by atoms with E-state index < -0.39 is 0 Å².